The Morgan fingerprint density at radius 3 is 1.68 bits per heavy atom. The van der Waals surface area contributed by atoms with E-state index in [1.54, 1.807) is 20.2 Å². The summed E-state index contributed by atoms with van der Waals surface area (Å²) in [7, 11) is 3.24. The Morgan fingerprint density at radius 1 is 0.647 bits per heavy atom. The van der Waals surface area contributed by atoms with Gasteiger partial charge in [0.1, 0.15) is 17.4 Å². The molecule has 0 unspecified atom stereocenters. The van der Waals surface area contributed by atoms with E-state index in [1.807, 2.05) is 48.5 Å². The van der Waals surface area contributed by atoms with E-state index >= 15 is 0 Å². The molecule has 8 heterocycles. The second kappa shape index (κ2) is 21.0. The molecule has 0 radical (unpaired) electrons. The molecular weight excluding hydrogens is 859 g/mol. The average molecular weight is 924 g/mol. The average Bonchev–Trinajstić information content (AvgIpc) is 3.38. The monoisotopic (exact) mass is 924 g/mol. The number of piperidine rings is 2. The first-order chi connectivity index (χ1) is 33.1. The lowest BCUT2D eigenvalue weighted by Crippen LogP contribution is -2.45. The second-order valence-electron chi connectivity index (χ2n) is 18.5. The van der Waals surface area contributed by atoms with Gasteiger partial charge in [-0.25, -0.2) is 9.97 Å². The fourth-order valence-corrected chi connectivity index (χ4v) is 9.88. The molecule has 4 aromatic heterocycles. The summed E-state index contributed by atoms with van der Waals surface area (Å²) in [6.45, 7) is 15.0. The fraction of sp³-hybridized carbons (Fsp3) is 0.481. The Bertz CT molecular complexity index is 2740. The van der Waals surface area contributed by atoms with E-state index in [0.29, 0.717) is 61.1 Å². The Hall–Kier alpha value is -6.23. The van der Waals surface area contributed by atoms with Gasteiger partial charge >= 0.3 is 0 Å². The number of aliphatic hydroxyl groups excluding tert-OH is 1. The predicted molar refractivity (Wildman–Crippen MR) is 268 cm³/mol. The van der Waals surface area contributed by atoms with Crippen LogP contribution in [0.1, 0.15) is 82.1 Å². The van der Waals surface area contributed by atoms with Crippen molar-refractivity contribution in [3.05, 3.63) is 77.9 Å². The van der Waals surface area contributed by atoms with Crippen LogP contribution < -0.4 is 29.7 Å². The number of nitrogens with one attached hydrogen (secondary N) is 1. The van der Waals surface area contributed by atoms with Gasteiger partial charge in [0.2, 0.25) is 11.9 Å². The zero-order chi connectivity index (χ0) is 47.3. The van der Waals surface area contributed by atoms with Crippen LogP contribution in [-0.2, 0) is 16.1 Å². The molecule has 0 spiro atoms. The van der Waals surface area contributed by atoms with Crippen LogP contribution in [0.4, 0.5) is 23.5 Å². The quantitative estimate of drug-likeness (QED) is 0.147. The van der Waals surface area contributed by atoms with Crippen molar-refractivity contribution in [2.24, 2.45) is 0 Å². The highest BCUT2D eigenvalue weighted by Gasteiger charge is 2.29. The Kier molecular flexibility index (Phi) is 14.4. The third kappa shape index (κ3) is 9.85. The van der Waals surface area contributed by atoms with Gasteiger partial charge in [0.15, 0.2) is 11.3 Å². The molecule has 4 atom stereocenters. The predicted octanol–water partition coefficient (Wildman–Crippen LogP) is 7.45. The third-order valence-corrected chi connectivity index (χ3v) is 13.8. The molecule has 16 heteroatoms. The lowest BCUT2D eigenvalue weighted by Gasteiger charge is -2.37. The first kappa shape index (κ1) is 46.9. The zero-order valence-electron chi connectivity index (χ0n) is 40.3. The number of fused-ring (bicyclic) bond motifs is 2. The molecule has 0 bridgehead atoms. The first-order valence-corrected chi connectivity index (χ1v) is 24.3. The molecule has 1 amide bonds. The lowest BCUT2D eigenvalue weighted by molar-refractivity contribution is 0.0963. The molecule has 10 rings (SSSR count). The minimum Gasteiger partial charge on any atom is -0.496 e. The van der Waals surface area contributed by atoms with Crippen molar-refractivity contribution in [1.82, 2.24) is 35.2 Å². The van der Waals surface area contributed by atoms with Crippen molar-refractivity contribution in [2.75, 3.05) is 86.4 Å². The van der Waals surface area contributed by atoms with E-state index < -0.39 is 0 Å². The van der Waals surface area contributed by atoms with Crippen molar-refractivity contribution in [3.63, 3.8) is 0 Å². The summed E-state index contributed by atoms with van der Waals surface area (Å²) in [4.78, 5) is 51.5. The number of pyridine rings is 2. The van der Waals surface area contributed by atoms with Gasteiger partial charge in [-0.2, -0.15) is 19.9 Å². The molecule has 0 saturated carbocycles. The first-order valence-electron chi connectivity index (χ1n) is 24.3. The smallest absolute Gasteiger partial charge is 0.251 e. The summed E-state index contributed by atoms with van der Waals surface area (Å²) in [5, 5.41) is 14.3. The van der Waals surface area contributed by atoms with Gasteiger partial charge in [-0.1, -0.05) is 12.1 Å². The highest BCUT2D eigenvalue weighted by molar-refractivity contribution is 5.96. The minimum absolute atomic E-state index is 0.0944. The summed E-state index contributed by atoms with van der Waals surface area (Å²) in [5.74, 6) is 3.90. The van der Waals surface area contributed by atoms with E-state index in [4.69, 9.17) is 44.1 Å². The summed E-state index contributed by atoms with van der Waals surface area (Å²) >= 11 is 0. The third-order valence-electron chi connectivity index (χ3n) is 13.8. The summed E-state index contributed by atoms with van der Waals surface area (Å²) in [6.07, 6.45) is 7.07. The van der Waals surface area contributed by atoms with E-state index in [1.165, 1.54) is 12.8 Å². The number of hydrogen-bond donors (Lipinski definition) is 2. The number of carbonyl (C=O) groups is 1. The van der Waals surface area contributed by atoms with Crippen LogP contribution in [-0.4, -0.2) is 132 Å². The molecule has 68 heavy (non-hydrogen) atoms. The van der Waals surface area contributed by atoms with Crippen molar-refractivity contribution >= 4 is 51.5 Å². The van der Waals surface area contributed by atoms with Crippen LogP contribution in [0.3, 0.4) is 0 Å². The van der Waals surface area contributed by atoms with Crippen molar-refractivity contribution < 1.29 is 24.1 Å². The zero-order valence-corrected chi connectivity index (χ0v) is 40.3. The van der Waals surface area contributed by atoms with E-state index in [9.17, 15) is 9.90 Å². The Balaban J connectivity index is 0.000000170. The molecule has 358 valence electrons. The lowest BCUT2D eigenvalue weighted by atomic mass is 10.0. The Morgan fingerprint density at radius 2 is 1.19 bits per heavy atom. The highest BCUT2D eigenvalue weighted by Crippen LogP contribution is 2.35. The summed E-state index contributed by atoms with van der Waals surface area (Å²) < 4.78 is 16.7. The minimum atomic E-state index is -0.116. The van der Waals surface area contributed by atoms with Gasteiger partial charge in [0.05, 0.1) is 74.4 Å². The van der Waals surface area contributed by atoms with Crippen LogP contribution in [0, 0.1) is 0 Å². The number of methoxy groups -OCH3 is 1. The molecular formula is C52H65N11O5. The van der Waals surface area contributed by atoms with E-state index in [-0.39, 0.29) is 24.6 Å². The normalized spacial score (nSPS) is 21.1. The number of carbonyl (C=O) groups excluding carboxylic acids is 1. The number of aliphatic hydroxyl groups is 1. The van der Waals surface area contributed by atoms with Crippen LogP contribution in [0.25, 0.3) is 44.6 Å². The number of hydrogen-bond acceptors (Lipinski definition) is 15. The van der Waals surface area contributed by atoms with Gasteiger partial charge < -0.3 is 44.2 Å². The molecule has 2 aromatic carbocycles. The topological polar surface area (TPSA) is 167 Å². The van der Waals surface area contributed by atoms with Crippen molar-refractivity contribution in [2.45, 2.75) is 97.0 Å². The number of rotatable bonds is 9. The standard InChI is InChI=1S/C26H32N6O2.C26H33N5O3/c1-17-7-4-5-12-32(17)26-29-23-21(24(30-26)31-13-14-34-16-18(31)2)10-11-22(28-23)19-8-6-9-20(15-19)25(33)27-3;1-17-6-4-5-11-31(17)26-28-24-21(25(29-26)30-12-13-34-16-18(30)2)8-9-22(27-24)19-7-10-23(33-3)20(14-19)15-32/h6,8-11,15,17-18H,4-5,7,12-14,16H2,1-3H3,(H,27,33);7-10,14,17-18,32H,4-6,11-13,15-16H2,1-3H3/t2*17-,18-/m00/s1. The molecule has 4 fully saturated rings. The molecule has 6 aromatic rings. The van der Waals surface area contributed by atoms with Crippen molar-refractivity contribution in [1.29, 1.82) is 0 Å². The SMILES string of the molecule is CNC(=O)c1cccc(-c2ccc3c(N4CCOC[C@@H]4C)nc(N4CCCC[C@@H]4C)nc3n2)c1.COc1ccc(-c2ccc3c(N4CCOC[C@@H]4C)nc(N4CCCC[C@@H]4C)nc3n2)cc1CO. The van der Waals surface area contributed by atoms with Crippen LogP contribution in [0.15, 0.2) is 66.7 Å². The molecule has 4 aliphatic rings. The maximum atomic E-state index is 12.1. The second-order valence-corrected chi connectivity index (χ2v) is 18.5. The number of benzene rings is 2. The molecule has 16 nitrogen and oxygen atoms in total. The summed E-state index contributed by atoms with van der Waals surface area (Å²) in [5.41, 5.74) is 6.10. The highest BCUT2D eigenvalue weighted by atomic mass is 16.5. The maximum absolute atomic E-state index is 12.1. The molecule has 4 saturated heterocycles. The summed E-state index contributed by atoms with van der Waals surface area (Å²) in [6, 6.07) is 22.7. The number of amides is 1. The van der Waals surface area contributed by atoms with Gasteiger partial charge in [0.25, 0.3) is 5.91 Å². The number of nitrogens with zero attached hydrogens (tertiary/aromatic N) is 10. The fourth-order valence-electron chi connectivity index (χ4n) is 9.88. The van der Waals surface area contributed by atoms with E-state index in [2.05, 4.69) is 64.7 Å². The number of ether oxygens (including phenoxy) is 3. The maximum Gasteiger partial charge on any atom is 0.251 e. The Labute approximate surface area is 399 Å². The van der Waals surface area contributed by atoms with Crippen LogP contribution >= 0.6 is 0 Å². The van der Waals surface area contributed by atoms with E-state index in [0.717, 1.165) is 114 Å². The molecule has 0 aliphatic carbocycles. The molecule has 4 aliphatic heterocycles. The van der Waals surface area contributed by atoms with Gasteiger partial charge in [-0.15, -0.1) is 0 Å². The van der Waals surface area contributed by atoms with Gasteiger partial charge in [0, 0.05) is 67.6 Å². The number of morpholine rings is 2. The van der Waals surface area contributed by atoms with Gasteiger partial charge in [-0.05, 0) is 121 Å². The van der Waals surface area contributed by atoms with Crippen LogP contribution in [0.2, 0.25) is 0 Å². The van der Waals surface area contributed by atoms with Gasteiger partial charge in [-0.3, -0.25) is 4.79 Å². The largest absolute Gasteiger partial charge is 0.496 e. The molecule has 2 N–H and O–H groups in total. The number of aromatic nitrogens is 6. The number of anilines is 4. The van der Waals surface area contributed by atoms with Crippen molar-refractivity contribution in [3.8, 4) is 28.3 Å². The van der Waals surface area contributed by atoms with Crippen LogP contribution in [0.5, 0.6) is 5.75 Å².